The molecular weight excluding hydrogens is 354 g/mol. The van der Waals surface area contributed by atoms with E-state index in [0.29, 0.717) is 6.42 Å². The number of aromatic hydroxyl groups is 1. The second-order valence-electron chi connectivity index (χ2n) is 7.02. The Morgan fingerprint density at radius 2 is 2.07 bits per heavy atom. The molecule has 2 unspecified atom stereocenters. The van der Waals surface area contributed by atoms with E-state index in [1.54, 1.807) is 0 Å². The van der Waals surface area contributed by atoms with Gasteiger partial charge < -0.3 is 20.8 Å². The molecule has 1 aromatic rings. The van der Waals surface area contributed by atoms with E-state index < -0.39 is 41.6 Å². The van der Waals surface area contributed by atoms with Crippen LogP contribution >= 0.6 is 0 Å². The molecule has 9 nitrogen and oxygen atoms in total. The molecule has 1 aliphatic heterocycles. The molecule has 27 heavy (non-hydrogen) atoms. The molecule has 3 rings (SSSR count). The van der Waals surface area contributed by atoms with Crippen LogP contribution in [-0.4, -0.2) is 51.0 Å². The van der Waals surface area contributed by atoms with Gasteiger partial charge in [-0.15, -0.1) is 0 Å². The number of phenols is 1. The summed E-state index contributed by atoms with van der Waals surface area (Å²) in [5.41, 5.74) is -1.16. The van der Waals surface area contributed by atoms with Gasteiger partial charge in [-0.05, 0) is 37.0 Å². The molecule has 1 heterocycles. The van der Waals surface area contributed by atoms with Crippen LogP contribution in [-0.2, 0) is 9.59 Å². The molecular formula is C18H21N3O6. The molecule has 2 atom stereocenters. The Bertz CT molecular complexity index is 823. The van der Waals surface area contributed by atoms with E-state index in [2.05, 4.69) is 10.6 Å². The third kappa shape index (κ3) is 3.32. The number of carbonyl (C=O) groups is 4. The van der Waals surface area contributed by atoms with E-state index in [1.165, 1.54) is 6.07 Å². The lowest BCUT2D eigenvalue weighted by atomic mass is 9.73. The number of rotatable bonds is 4. The third-order valence-corrected chi connectivity index (χ3v) is 5.31. The van der Waals surface area contributed by atoms with Crippen molar-refractivity contribution in [3.05, 3.63) is 23.8 Å². The Balaban J connectivity index is 1.71. The smallest absolute Gasteiger partial charge is 0.339 e. The average Bonchev–Trinajstić information content (AvgIpc) is 2.84. The van der Waals surface area contributed by atoms with Crippen LogP contribution in [0.5, 0.6) is 5.75 Å². The van der Waals surface area contributed by atoms with Crippen LogP contribution in [0.2, 0.25) is 0 Å². The summed E-state index contributed by atoms with van der Waals surface area (Å²) in [5, 5.41) is 23.7. The van der Waals surface area contributed by atoms with Crippen LogP contribution < -0.4 is 10.6 Å². The summed E-state index contributed by atoms with van der Waals surface area (Å²) in [6, 6.07) is 2.98. The number of amides is 4. The van der Waals surface area contributed by atoms with E-state index in [-0.39, 0.29) is 17.2 Å². The zero-order chi connectivity index (χ0) is 19.8. The zero-order valence-corrected chi connectivity index (χ0v) is 14.8. The SMILES string of the molecule is CC1CCCCC12NC(=O)N(CC(=O)Nc1ccc(O)c(C(=O)O)c1)C2=O. The monoisotopic (exact) mass is 375 g/mol. The van der Waals surface area contributed by atoms with Crippen molar-refractivity contribution in [1.29, 1.82) is 0 Å². The van der Waals surface area contributed by atoms with Gasteiger partial charge in [-0.3, -0.25) is 14.5 Å². The Morgan fingerprint density at radius 3 is 2.74 bits per heavy atom. The van der Waals surface area contributed by atoms with E-state index >= 15 is 0 Å². The van der Waals surface area contributed by atoms with Gasteiger partial charge in [0.25, 0.3) is 5.91 Å². The molecule has 1 saturated carbocycles. The molecule has 2 aliphatic rings. The highest BCUT2D eigenvalue weighted by Crippen LogP contribution is 2.38. The molecule has 2 fully saturated rings. The molecule has 144 valence electrons. The minimum absolute atomic E-state index is 0.00835. The molecule has 1 spiro atoms. The van der Waals surface area contributed by atoms with Crippen LogP contribution in [0.25, 0.3) is 0 Å². The summed E-state index contributed by atoms with van der Waals surface area (Å²) in [7, 11) is 0. The Labute approximate surface area is 155 Å². The van der Waals surface area contributed by atoms with E-state index in [0.717, 1.165) is 36.3 Å². The lowest BCUT2D eigenvalue weighted by molar-refractivity contribution is -0.136. The summed E-state index contributed by atoms with van der Waals surface area (Å²) in [5.74, 6) is -2.81. The van der Waals surface area contributed by atoms with Crippen molar-refractivity contribution < 1.29 is 29.4 Å². The van der Waals surface area contributed by atoms with Gasteiger partial charge in [0.1, 0.15) is 23.4 Å². The van der Waals surface area contributed by atoms with Crippen molar-refractivity contribution in [3.63, 3.8) is 0 Å². The van der Waals surface area contributed by atoms with E-state index in [1.807, 2.05) is 6.92 Å². The highest BCUT2D eigenvalue weighted by molar-refractivity contribution is 6.10. The van der Waals surface area contributed by atoms with Crippen molar-refractivity contribution in [1.82, 2.24) is 10.2 Å². The number of nitrogens with one attached hydrogen (secondary N) is 2. The van der Waals surface area contributed by atoms with Gasteiger partial charge in [-0.1, -0.05) is 19.8 Å². The number of carboxylic acids is 1. The number of hydrogen-bond acceptors (Lipinski definition) is 5. The van der Waals surface area contributed by atoms with Crippen molar-refractivity contribution in [2.24, 2.45) is 5.92 Å². The summed E-state index contributed by atoms with van der Waals surface area (Å²) >= 11 is 0. The molecule has 0 bridgehead atoms. The average molecular weight is 375 g/mol. The van der Waals surface area contributed by atoms with E-state index in [4.69, 9.17) is 5.11 Å². The first-order valence-electron chi connectivity index (χ1n) is 8.75. The Morgan fingerprint density at radius 1 is 1.33 bits per heavy atom. The van der Waals surface area contributed by atoms with Gasteiger partial charge in [-0.2, -0.15) is 0 Å². The Kier molecular flexibility index (Phi) is 4.77. The maximum atomic E-state index is 12.8. The second kappa shape index (κ2) is 6.90. The molecule has 1 aromatic carbocycles. The van der Waals surface area contributed by atoms with Gasteiger partial charge in [-0.25, -0.2) is 9.59 Å². The lowest BCUT2D eigenvalue weighted by Gasteiger charge is -2.36. The van der Waals surface area contributed by atoms with Gasteiger partial charge in [0.15, 0.2) is 0 Å². The number of benzene rings is 1. The summed E-state index contributed by atoms with van der Waals surface area (Å²) < 4.78 is 0. The molecule has 4 N–H and O–H groups in total. The van der Waals surface area contributed by atoms with Crippen LogP contribution in [0.1, 0.15) is 43.0 Å². The number of imide groups is 1. The van der Waals surface area contributed by atoms with Gasteiger partial charge in [0.2, 0.25) is 5.91 Å². The fraction of sp³-hybridized carbons (Fsp3) is 0.444. The molecule has 0 aromatic heterocycles. The molecule has 9 heteroatoms. The number of carbonyl (C=O) groups excluding carboxylic acids is 3. The van der Waals surface area contributed by atoms with Crippen molar-refractivity contribution in [2.75, 3.05) is 11.9 Å². The largest absolute Gasteiger partial charge is 0.507 e. The first-order valence-corrected chi connectivity index (χ1v) is 8.75. The Hall–Kier alpha value is -3.10. The standard InChI is InChI=1S/C18H21N3O6/c1-10-4-2-3-7-18(10)16(26)21(17(27)20-18)9-14(23)19-11-5-6-13(22)12(8-11)15(24)25/h5-6,8,10,22H,2-4,7,9H2,1H3,(H,19,23)(H,20,27)(H,24,25). The maximum absolute atomic E-state index is 12.8. The highest BCUT2D eigenvalue weighted by Gasteiger charge is 2.55. The van der Waals surface area contributed by atoms with Crippen molar-refractivity contribution >= 4 is 29.5 Å². The number of carboxylic acid groups (broad SMARTS) is 1. The van der Waals surface area contributed by atoms with Gasteiger partial charge in [0, 0.05) is 5.69 Å². The normalized spacial score (nSPS) is 24.8. The van der Waals surface area contributed by atoms with Gasteiger partial charge >= 0.3 is 12.0 Å². The number of aromatic carboxylic acids is 1. The first kappa shape index (κ1) is 18.7. The predicted molar refractivity (Wildman–Crippen MR) is 94.3 cm³/mol. The van der Waals surface area contributed by atoms with E-state index in [9.17, 15) is 24.3 Å². The van der Waals surface area contributed by atoms with Crippen LogP contribution in [0, 0.1) is 5.92 Å². The number of urea groups is 1. The zero-order valence-electron chi connectivity index (χ0n) is 14.8. The van der Waals surface area contributed by atoms with Crippen LogP contribution in [0.4, 0.5) is 10.5 Å². The fourth-order valence-corrected chi connectivity index (χ4v) is 3.77. The number of anilines is 1. The maximum Gasteiger partial charge on any atom is 0.339 e. The second-order valence-corrected chi connectivity index (χ2v) is 7.02. The lowest BCUT2D eigenvalue weighted by Crippen LogP contribution is -2.54. The number of hydrogen-bond donors (Lipinski definition) is 4. The van der Waals surface area contributed by atoms with Crippen molar-refractivity contribution in [2.45, 2.75) is 38.1 Å². The van der Waals surface area contributed by atoms with Crippen LogP contribution in [0.3, 0.4) is 0 Å². The quantitative estimate of drug-likeness (QED) is 0.465. The fourth-order valence-electron chi connectivity index (χ4n) is 3.77. The first-order chi connectivity index (χ1) is 12.7. The predicted octanol–water partition coefficient (Wildman–Crippen LogP) is 1.53. The van der Waals surface area contributed by atoms with Crippen molar-refractivity contribution in [3.8, 4) is 5.75 Å². The molecule has 1 aliphatic carbocycles. The number of nitrogens with zero attached hydrogens (tertiary/aromatic N) is 1. The minimum Gasteiger partial charge on any atom is -0.507 e. The molecule has 4 amide bonds. The topological polar surface area (TPSA) is 136 Å². The van der Waals surface area contributed by atoms with Crippen LogP contribution in [0.15, 0.2) is 18.2 Å². The minimum atomic E-state index is -1.34. The van der Waals surface area contributed by atoms with Gasteiger partial charge in [0.05, 0.1) is 0 Å². The molecule has 0 radical (unpaired) electrons. The highest BCUT2D eigenvalue weighted by atomic mass is 16.4. The summed E-state index contributed by atoms with van der Waals surface area (Å²) in [4.78, 5) is 49.3. The third-order valence-electron chi connectivity index (χ3n) is 5.31. The molecule has 1 saturated heterocycles. The summed E-state index contributed by atoms with van der Waals surface area (Å²) in [6.45, 7) is 1.45. The summed E-state index contributed by atoms with van der Waals surface area (Å²) in [6.07, 6.45) is 3.22.